The lowest BCUT2D eigenvalue weighted by Crippen LogP contribution is -2.26. The van der Waals surface area contributed by atoms with Crippen molar-refractivity contribution in [3.05, 3.63) is 23.4 Å². The van der Waals surface area contributed by atoms with E-state index in [1.807, 2.05) is 12.1 Å². The predicted molar refractivity (Wildman–Crippen MR) is 68.9 cm³/mol. The number of anilines is 1. The zero-order valence-electron chi connectivity index (χ0n) is 9.80. The van der Waals surface area contributed by atoms with Crippen LogP contribution < -0.4 is 5.32 Å². The first-order valence-corrected chi connectivity index (χ1v) is 6.47. The Balaban J connectivity index is 1.93. The van der Waals surface area contributed by atoms with Gasteiger partial charge in [0.05, 0.1) is 5.02 Å². The molecule has 16 heavy (non-hydrogen) atoms. The van der Waals surface area contributed by atoms with Crippen LogP contribution in [0.4, 0.5) is 5.82 Å². The topological polar surface area (TPSA) is 24.9 Å². The normalized spacial score (nSPS) is 18.6. The summed E-state index contributed by atoms with van der Waals surface area (Å²) in [6.45, 7) is 3.33. The first kappa shape index (κ1) is 11.7. The number of hydrogen-bond donors (Lipinski definition) is 1. The second kappa shape index (κ2) is 5.05. The number of aromatic nitrogens is 1. The van der Waals surface area contributed by atoms with Gasteiger partial charge in [-0.1, -0.05) is 31.4 Å². The number of halogens is 1. The fraction of sp³-hybridized carbons (Fsp3) is 0.615. The second-order valence-corrected chi connectivity index (χ2v) is 5.21. The zero-order valence-corrected chi connectivity index (χ0v) is 10.6. The molecule has 1 aromatic heterocycles. The van der Waals surface area contributed by atoms with E-state index in [0.717, 1.165) is 12.4 Å². The fourth-order valence-corrected chi connectivity index (χ4v) is 2.65. The number of pyridine rings is 1. The summed E-state index contributed by atoms with van der Waals surface area (Å²) in [7, 11) is 0. The zero-order chi connectivity index (χ0) is 11.4. The first-order chi connectivity index (χ1) is 7.74. The van der Waals surface area contributed by atoms with Gasteiger partial charge in [-0.05, 0) is 36.8 Å². The average molecular weight is 239 g/mol. The predicted octanol–water partition coefficient (Wildman–Crippen LogP) is 4.12. The molecule has 1 saturated carbocycles. The maximum absolute atomic E-state index is 5.80. The summed E-state index contributed by atoms with van der Waals surface area (Å²) in [4.78, 5) is 4.26. The van der Waals surface area contributed by atoms with E-state index < -0.39 is 0 Å². The van der Waals surface area contributed by atoms with Crippen LogP contribution in [0.2, 0.25) is 5.02 Å². The Hall–Kier alpha value is -0.760. The number of rotatable bonds is 4. The molecule has 88 valence electrons. The van der Waals surface area contributed by atoms with Crippen LogP contribution in [-0.2, 0) is 0 Å². The number of hydrogen-bond acceptors (Lipinski definition) is 2. The molecule has 1 aliphatic carbocycles. The summed E-state index contributed by atoms with van der Waals surface area (Å²) < 4.78 is 0. The molecule has 1 heterocycles. The van der Waals surface area contributed by atoms with Gasteiger partial charge in [-0.2, -0.15) is 0 Å². The van der Waals surface area contributed by atoms with Gasteiger partial charge in [0, 0.05) is 12.7 Å². The molecule has 1 aromatic rings. The van der Waals surface area contributed by atoms with Crippen molar-refractivity contribution in [1.82, 2.24) is 4.98 Å². The third-order valence-electron chi connectivity index (χ3n) is 3.79. The van der Waals surface area contributed by atoms with Crippen molar-refractivity contribution >= 4 is 17.4 Å². The molecule has 0 atom stereocenters. The van der Waals surface area contributed by atoms with Crippen molar-refractivity contribution < 1.29 is 0 Å². The van der Waals surface area contributed by atoms with Crippen LogP contribution in [0.25, 0.3) is 0 Å². The Labute approximate surface area is 102 Å². The summed E-state index contributed by atoms with van der Waals surface area (Å²) in [5, 5.41) is 4.13. The van der Waals surface area contributed by atoms with Gasteiger partial charge >= 0.3 is 0 Å². The van der Waals surface area contributed by atoms with Crippen LogP contribution in [0.1, 0.15) is 39.0 Å². The lowest BCUT2D eigenvalue weighted by Gasteiger charge is -2.27. The molecule has 0 amide bonds. The Kier molecular flexibility index (Phi) is 3.70. The lowest BCUT2D eigenvalue weighted by molar-refractivity contribution is 0.306. The SMILES string of the molecule is CCC1(CNc2ccc(Cl)cn2)CCCC1. The Bertz CT molecular complexity index is 328. The van der Waals surface area contributed by atoms with Gasteiger partial charge in [0.2, 0.25) is 0 Å². The van der Waals surface area contributed by atoms with Crippen molar-refractivity contribution in [3.8, 4) is 0 Å². The number of nitrogens with zero attached hydrogens (tertiary/aromatic N) is 1. The summed E-state index contributed by atoms with van der Waals surface area (Å²) in [5.41, 5.74) is 0.501. The molecule has 1 fully saturated rings. The molecule has 0 aromatic carbocycles. The molecule has 0 saturated heterocycles. The Morgan fingerprint density at radius 3 is 2.69 bits per heavy atom. The number of nitrogens with one attached hydrogen (secondary N) is 1. The standard InChI is InChI=1S/C13H19ClN2/c1-2-13(7-3-4-8-13)10-16-12-6-5-11(14)9-15-12/h5-6,9H,2-4,7-8,10H2,1H3,(H,15,16). The highest BCUT2D eigenvalue weighted by molar-refractivity contribution is 6.30. The average Bonchev–Trinajstić information content (AvgIpc) is 2.78. The van der Waals surface area contributed by atoms with Crippen LogP contribution in [0.3, 0.4) is 0 Å². The minimum Gasteiger partial charge on any atom is -0.370 e. The third-order valence-corrected chi connectivity index (χ3v) is 4.01. The molecule has 0 aliphatic heterocycles. The fourth-order valence-electron chi connectivity index (χ4n) is 2.54. The molecule has 0 bridgehead atoms. The minimum absolute atomic E-state index is 0.501. The van der Waals surface area contributed by atoms with Gasteiger partial charge in [-0.3, -0.25) is 0 Å². The molecular weight excluding hydrogens is 220 g/mol. The Morgan fingerprint density at radius 1 is 1.38 bits per heavy atom. The minimum atomic E-state index is 0.501. The van der Waals surface area contributed by atoms with Gasteiger partial charge in [0.25, 0.3) is 0 Å². The van der Waals surface area contributed by atoms with E-state index >= 15 is 0 Å². The Morgan fingerprint density at radius 2 is 2.12 bits per heavy atom. The lowest BCUT2D eigenvalue weighted by atomic mass is 9.83. The summed E-state index contributed by atoms with van der Waals surface area (Å²) >= 11 is 5.80. The maximum atomic E-state index is 5.80. The highest BCUT2D eigenvalue weighted by Gasteiger charge is 2.31. The van der Waals surface area contributed by atoms with Crippen molar-refractivity contribution in [2.24, 2.45) is 5.41 Å². The van der Waals surface area contributed by atoms with Gasteiger partial charge in [-0.15, -0.1) is 0 Å². The molecule has 2 nitrogen and oxygen atoms in total. The molecule has 3 heteroatoms. The van der Waals surface area contributed by atoms with E-state index in [-0.39, 0.29) is 0 Å². The van der Waals surface area contributed by atoms with Crippen LogP contribution in [0.15, 0.2) is 18.3 Å². The quantitative estimate of drug-likeness (QED) is 0.854. The van der Waals surface area contributed by atoms with E-state index in [1.54, 1.807) is 6.20 Å². The van der Waals surface area contributed by atoms with Gasteiger partial charge < -0.3 is 5.32 Å². The summed E-state index contributed by atoms with van der Waals surface area (Å²) in [5.74, 6) is 0.934. The summed E-state index contributed by atoms with van der Waals surface area (Å²) in [6, 6.07) is 3.82. The van der Waals surface area contributed by atoms with Crippen molar-refractivity contribution in [2.75, 3.05) is 11.9 Å². The van der Waals surface area contributed by atoms with Gasteiger partial charge in [0.1, 0.15) is 5.82 Å². The summed E-state index contributed by atoms with van der Waals surface area (Å²) in [6.07, 6.45) is 8.41. The smallest absolute Gasteiger partial charge is 0.126 e. The van der Waals surface area contributed by atoms with E-state index in [1.165, 1.54) is 32.1 Å². The molecule has 0 unspecified atom stereocenters. The van der Waals surface area contributed by atoms with Crippen LogP contribution in [-0.4, -0.2) is 11.5 Å². The van der Waals surface area contributed by atoms with E-state index in [9.17, 15) is 0 Å². The highest BCUT2D eigenvalue weighted by atomic mass is 35.5. The first-order valence-electron chi connectivity index (χ1n) is 6.10. The molecule has 1 aliphatic rings. The van der Waals surface area contributed by atoms with Gasteiger partial charge in [0.15, 0.2) is 0 Å². The largest absolute Gasteiger partial charge is 0.370 e. The van der Waals surface area contributed by atoms with Crippen molar-refractivity contribution in [2.45, 2.75) is 39.0 Å². The molecule has 0 radical (unpaired) electrons. The van der Waals surface area contributed by atoms with Crippen LogP contribution in [0, 0.1) is 5.41 Å². The second-order valence-electron chi connectivity index (χ2n) is 4.78. The van der Waals surface area contributed by atoms with Crippen molar-refractivity contribution in [3.63, 3.8) is 0 Å². The monoisotopic (exact) mass is 238 g/mol. The van der Waals surface area contributed by atoms with E-state index in [4.69, 9.17) is 11.6 Å². The third kappa shape index (κ3) is 2.67. The van der Waals surface area contributed by atoms with Crippen molar-refractivity contribution in [1.29, 1.82) is 0 Å². The van der Waals surface area contributed by atoms with Gasteiger partial charge in [-0.25, -0.2) is 4.98 Å². The molecule has 2 rings (SSSR count). The molecular formula is C13H19ClN2. The highest BCUT2D eigenvalue weighted by Crippen LogP contribution is 2.40. The molecule has 0 spiro atoms. The molecule has 1 N–H and O–H groups in total. The van der Waals surface area contributed by atoms with Crippen LogP contribution >= 0.6 is 11.6 Å². The maximum Gasteiger partial charge on any atom is 0.126 e. The van der Waals surface area contributed by atoms with E-state index in [2.05, 4.69) is 17.2 Å². The van der Waals surface area contributed by atoms with E-state index in [0.29, 0.717) is 10.4 Å². The van der Waals surface area contributed by atoms with Crippen LogP contribution in [0.5, 0.6) is 0 Å².